The molecule has 0 amide bonds. The van der Waals surface area contributed by atoms with Crippen LogP contribution in [0.3, 0.4) is 0 Å². The summed E-state index contributed by atoms with van der Waals surface area (Å²) in [6, 6.07) is 8.98. The Morgan fingerprint density at radius 2 is 1.94 bits per heavy atom. The number of rotatable bonds is 2. The fourth-order valence-electron chi connectivity index (χ4n) is 1.42. The van der Waals surface area contributed by atoms with Gasteiger partial charge in [0.1, 0.15) is 11.5 Å². The van der Waals surface area contributed by atoms with Crippen LogP contribution in [0, 0.1) is 6.92 Å². The van der Waals surface area contributed by atoms with Crippen molar-refractivity contribution in [1.29, 1.82) is 0 Å². The molecule has 0 bridgehead atoms. The monoisotopic (exact) mass is 237 g/mol. The van der Waals surface area contributed by atoms with E-state index in [9.17, 15) is 4.79 Å². The lowest BCUT2D eigenvalue weighted by molar-refractivity contribution is 0.103. The van der Waals surface area contributed by atoms with Crippen LogP contribution in [0.25, 0.3) is 0 Å². The number of H-pyrrole nitrogens is 1. The maximum absolute atomic E-state index is 11.9. The number of aryl methyl sites for hydroxylation is 1. The zero-order valence-corrected chi connectivity index (χ0v) is 9.54. The number of carbonyl (C=O) groups is 1. The summed E-state index contributed by atoms with van der Waals surface area (Å²) >= 11 is 0. The summed E-state index contributed by atoms with van der Waals surface area (Å²) in [5, 5.41) is 0. The van der Waals surface area contributed by atoms with Gasteiger partial charge in [0.25, 0.3) is 0 Å². The third kappa shape index (κ3) is 2.23. The lowest BCUT2D eigenvalue weighted by Crippen LogP contribution is -2.04. The Hall–Kier alpha value is -1.81. The normalized spacial score (nSPS) is 9.56. The molecule has 84 valence electrons. The van der Waals surface area contributed by atoms with Crippen LogP contribution in [0.15, 0.2) is 30.3 Å². The molecule has 0 fully saturated rings. The lowest BCUT2D eigenvalue weighted by atomic mass is 10.1. The van der Waals surface area contributed by atoms with Crippen LogP contribution in [0.5, 0.6) is 0 Å². The third-order valence-corrected chi connectivity index (χ3v) is 2.11. The van der Waals surface area contributed by atoms with Crippen LogP contribution >= 0.6 is 12.4 Å². The molecule has 4 nitrogen and oxygen atoms in total. The number of nitrogen functional groups attached to an aromatic ring is 1. The molecular formula is C11H12ClN3O. The van der Waals surface area contributed by atoms with Crippen molar-refractivity contribution in [2.75, 3.05) is 5.73 Å². The van der Waals surface area contributed by atoms with Crippen molar-refractivity contribution in [3.05, 3.63) is 47.4 Å². The number of aromatic nitrogens is 2. The quantitative estimate of drug-likeness (QED) is 0.785. The first-order valence-electron chi connectivity index (χ1n) is 4.60. The molecular weight excluding hydrogens is 226 g/mol. The SMILES string of the molecule is Cc1nc(N)c(C(=O)c2ccccc2)[nH]1.Cl. The fourth-order valence-corrected chi connectivity index (χ4v) is 1.42. The van der Waals surface area contributed by atoms with Crippen LogP contribution in [0.2, 0.25) is 0 Å². The second-order valence-corrected chi connectivity index (χ2v) is 3.28. The second kappa shape index (κ2) is 4.81. The molecule has 1 aromatic heterocycles. The van der Waals surface area contributed by atoms with Gasteiger partial charge in [-0.2, -0.15) is 0 Å². The molecule has 0 saturated carbocycles. The number of carbonyl (C=O) groups excluding carboxylic acids is 1. The average Bonchev–Trinajstić information content (AvgIpc) is 2.58. The zero-order valence-electron chi connectivity index (χ0n) is 8.73. The number of nitrogens with one attached hydrogen (secondary N) is 1. The molecule has 1 aromatic carbocycles. The summed E-state index contributed by atoms with van der Waals surface area (Å²) in [5.41, 5.74) is 6.58. The van der Waals surface area contributed by atoms with Gasteiger partial charge in [-0.05, 0) is 6.92 Å². The Balaban J connectivity index is 0.00000128. The predicted molar refractivity (Wildman–Crippen MR) is 64.9 cm³/mol. The lowest BCUT2D eigenvalue weighted by Gasteiger charge is -1.98. The second-order valence-electron chi connectivity index (χ2n) is 3.28. The number of nitrogens with two attached hydrogens (primary N) is 1. The minimum Gasteiger partial charge on any atom is -0.382 e. The van der Waals surface area contributed by atoms with Crippen molar-refractivity contribution >= 4 is 24.0 Å². The van der Waals surface area contributed by atoms with Gasteiger partial charge in [0, 0.05) is 5.56 Å². The van der Waals surface area contributed by atoms with Gasteiger partial charge in [-0.15, -0.1) is 12.4 Å². The zero-order chi connectivity index (χ0) is 10.8. The van der Waals surface area contributed by atoms with Crippen LogP contribution in [0.1, 0.15) is 21.9 Å². The van der Waals surface area contributed by atoms with Gasteiger partial charge >= 0.3 is 0 Å². The van der Waals surface area contributed by atoms with E-state index in [0.717, 1.165) is 0 Å². The van der Waals surface area contributed by atoms with Gasteiger partial charge < -0.3 is 10.7 Å². The summed E-state index contributed by atoms with van der Waals surface area (Å²) in [7, 11) is 0. The van der Waals surface area contributed by atoms with E-state index in [1.807, 2.05) is 18.2 Å². The van der Waals surface area contributed by atoms with Gasteiger partial charge in [-0.3, -0.25) is 4.79 Å². The van der Waals surface area contributed by atoms with Crippen molar-refractivity contribution < 1.29 is 4.79 Å². The van der Waals surface area contributed by atoms with Crippen LogP contribution < -0.4 is 5.73 Å². The minimum absolute atomic E-state index is 0. The molecule has 0 radical (unpaired) electrons. The molecule has 0 aliphatic carbocycles. The van der Waals surface area contributed by atoms with Gasteiger partial charge in [-0.25, -0.2) is 4.98 Å². The standard InChI is InChI=1S/C11H11N3O.ClH/c1-7-13-9(11(12)14-7)10(15)8-5-3-2-4-6-8;/h2-6H,12H2,1H3,(H,13,14);1H. The minimum atomic E-state index is -0.131. The summed E-state index contributed by atoms with van der Waals surface area (Å²) in [6.07, 6.45) is 0. The predicted octanol–water partition coefficient (Wildman–Crippen LogP) is 1.95. The van der Waals surface area contributed by atoms with Gasteiger partial charge in [0.2, 0.25) is 5.78 Å². The van der Waals surface area contributed by atoms with E-state index >= 15 is 0 Å². The largest absolute Gasteiger partial charge is 0.382 e. The summed E-state index contributed by atoms with van der Waals surface area (Å²) in [5.74, 6) is 0.766. The molecule has 1 heterocycles. The highest BCUT2D eigenvalue weighted by Crippen LogP contribution is 2.13. The highest BCUT2D eigenvalue weighted by Gasteiger charge is 2.15. The number of imidazole rings is 1. The van der Waals surface area contributed by atoms with Crippen LogP contribution in [-0.2, 0) is 0 Å². The average molecular weight is 238 g/mol. The Morgan fingerprint density at radius 1 is 1.31 bits per heavy atom. The van der Waals surface area contributed by atoms with E-state index in [2.05, 4.69) is 9.97 Å². The van der Waals surface area contributed by atoms with Crippen molar-refractivity contribution in [2.24, 2.45) is 0 Å². The molecule has 0 atom stereocenters. The third-order valence-electron chi connectivity index (χ3n) is 2.11. The molecule has 0 aliphatic rings. The van der Waals surface area contributed by atoms with Crippen molar-refractivity contribution in [3.8, 4) is 0 Å². The van der Waals surface area contributed by atoms with Crippen LogP contribution in [0.4, 0.5) is 5.82 Å². The highest BCUT2D eigenvalue weighted by molar-refractivity contribution is 6.10. The van der Waals surface area contributed by atoms with E-state index in [4.69, 9.17) is 5.73 Å². The number of halogens is 1. The number of anilines is 1. The van der Waals surface area contributed by atoms with Gasteiger partial charge in [-0.1, -0.05) is 30.3 Å². The maximum atomic E-state index is 11.9. The van der Waals surface area contributed by atoms with Crippen molar-refractivity contribution in [3.63, 3.8) is 0 Å². The molecule has 2 rings (SSSR count). The van der Waals surface area contributed by atoms with E-state index in [0.29, 0.717) is 17.1 Å². The number of nitrogens with zero attached hydrogens (tertiary/aromatic N) is 1. The van der Waals surface area contributed by atoms with E-state index in [1.165, 1.54) is 0 Å². The van der Waals surface area contributed by atoms with Gasteiger partial charge in [0.15, 0.2) is 5.82 Å². The first kappa shape index (κ1) is 12.3. The Labute approximate surface area is 99.3 Å². The first-order chi connectivity index (χ1) is 7.18. The Kier molecular flexibility index (Phi) is 3.68. The number of aromatic amines is 1. The van der Waals surface area contributed by atoms with Crippen molar-refractivity contribution in [1.82, 2.24) is 9.97 Å². The first-order valence-corrected chi connectivity index (χ1v) is 4.60. The van der Waals surface area contributed by atoms with E-state index in [-0.39, 0.29) is 24.0 Å². The van der Waals surface area contributed by atoms with E-state index < -0.39 is 0 Å². The highest BCUT2D eigenvalue weighted by atomic mass is 35.5. The summed E-state index contributed by atoms with van der Waals surface area (Å²) in [6.45, 7) is 1.76. The van der Waals surface area contributed by atoms with Crippen LogP contribution in [-0.4, -0.2) is 15.8 Å². The van der Waals surface area contributed by atoms with Crippen molar-refractivity contribution in [2.45, 2.75) is 6.92 Å². The van der Waals surface area contributed by atoms with Gasteiger partial charge in [0.05, 0.1) is 0 Å². The number of hydrogen-bond donors (Lipinski definition) is 2. The smallest absolute Gasteiger partial charge is 0.213 e. The summed E-state index contributed by atoms with van der Waals surface area (Å²) in [4.78, 5) is 18.7. The Morgan fingerprint density at radius 3 is 2.44 bits per heavy atom. The molecule has 5 heteroatoms. The molecule has 2 aromatic rings. The molecule has 0 spiro atoms. The number of ketones is 1. The number of benzene rings is 1. The molecule has 0 saturated heterocycles. The van der Waals surface area contributed by atoms with E-state index in [1.54, 1.807) is 19.1 Å². The molecule has 0 aliphatic heterocycles. The topological polar surface area (TPSA) is 71.8 Å². The maximum Gasteiger partial charge on any atom is 0.213 e. The fraction of sp³-hybridized carbons (Fsp3) is 0.0909. The molecule has 3 N–H and O–H groups in total. The summed E-state index contributed by atoms with van der Waals surface area (Å²) < 4.78 is 0. The number of hydrogen-bond acceptors (Lipinski definition) is 3. The molecule has 0 unspecified atom stereocenters. The molecule has 16 heavy (non-hydrogen) atoms. The Bertz CT molecular complexity index is 493.